The molecule has 16 heavy (non-hydrogen) atoms. The Morgan fingerprint density at radius 1 is 1.38 bits per heavy atom. The second-order valence-electron chi connectivity index (χ2n) is 3.67. The normalized spacial score (nSPS) is 9.94. The van der Waals surface area contributed by atoms with Crippen molar-refractivity contribution in [2.24, 2.45) is 0 Å². The topological polar surface area (TPSA) is 50.4 Å². The summed E-state index contributed by atoms with van der Waals surface area (Å²) in [6, 6.07) is 5.99. The number of aryl methyl sites for hydroxylation is 2. The average Bonchev–Trinajstić information content (AvgIpc) is 2.22. The van der Waals surface area contributed by atoms with Gasteiger partial charge in [-0.1, -0.05) is 17.7 Å². The van der Waals surface area contributed by atoms with Gasteiger partial charge in [0, 0.05) is 7.05 Å². The van der Waals surface area contributed by atoms with Gasteiger partial charge in [-0.3, -0.25) is 10.2 Å². The highest BCUT2D eigenvalue weighted by Crippen LogP contribution is 2.18. The van der Waals surface area contributed by atoms with Crippen LogP contribution in [0.15, 0.2) is 18.2 Å². The standard InChI is InChI=1S/C12H18N2O2/c1-9-4-5-11(10(2)8-9)16-7-6-12(15)14-13-3/h4-5,8,13H,6-7H2,1-3H3,(H,14,15). The maximum absolute atomic E-state index is 11.1. The van der Waals surface area contributed by atoms with E-state index < -0.39 is 0 Å². The van der Waals surface area contributed by atoms with E-state index in [0.717, 1.165) is 11.3 Å². The summed E-state index contributed by atoms with van der Waals surface area (Å²) in [6.45, 7) is 4.42. The van der Waals surface area contributed by atoms with Crippen LogP contribution in [-0.2, 0) is 4.79 Å². The highest BCUT2D eigenvalue weighted by molar-refractivity contribution is 5.75. The quantitative estimate of drug-likeness (QED) is 0.739. The Hall–Kier alpha value is -1.55. The summed E-state index contributed by atoms with van der Waals surface area (Å²) >= 11 is 0. The monoisotopic (exact) mass is 222 g/mol. The van der Waals surface area contributed by atoms with Crippen molar-refractivity contribution in [2.75, 3.05) is 13.7 Å². The molecule has 1 amide bonds. The average molecular weight is 222 g/mol. The van der Waals surface area contributed by atoms with E-state index in [9.17, 15) is 4.79 Å². The van der Waals surface area contributed by atoms with Gasteiger partial charge in [0.15, 0.2) is 0 Å². The number of nitrogens with one attached hydrogen (secondary N) is 2. The minimum absolute atomic E-state index is 0.0766. The third-order valence-corrected chi connectivity index (χ3v) is 2.18. The van der Waals surface area contributed by atoms with Crippen molar-refractivity contribution in [3.05, 3.63) is 29.3 Å². The molecule has 0 heterocycles. The first kappa shape index (κ1) is 12.5. The van der Waals surface area contributed by atoms with Crippen molar-refractivity contribution < 1.29 is 9.53 Å². The zero-order chi connectivity index (χ0) is 12.0. The SMILES string of the molecule is CNNC(=O)CCOc1ccc(C)cc1C. The lowest BCUT2D eigenvalue weighted by Gasteiger charge is -2.09. The predicted octanol–water partition coefficient (Wildman–Crippen LogP) is 1.32. The molecule has 0 radical (unpaired) electrons. The molecule has 2 N–H and O–H groups in total. The molecule has 1 aromatic rings. The first-order valence-electron chi connectivity index (χ1n) is 5.29. The van der Waals surface area contributed by atoms with Crippen LogP contribution in [0, 0.1) is 13.8 Å². The molecular weight excluding hydrogens is 204 g/mol. The van der Waals surface area contributed by atoms with E-state index in [4.69, 9.17) is 4.74 Å². The van der Waals surface area contributed by atoms with Gasteiger partial charge in [0.2, 0.25) is 5.91 Å². The van der Waals surface area contributed by atoms with E-state index in [0.29, 0.717) is 13.0 Å². The molecule has 0 aliphatic rings. The molecule has 0 atom stereocenters. The van der Waals surface area contributed by atoms with Gasteiger partial charge in [-0.2, -0.15) is 0 Å². The fraction of sp³-hybridized carbons (Fsp3) is 0.417. The number of carbonyl (C=O) groups excluding carboxylic acids is 1. The van der Waals surface area contributed by atoms with Gasteiger partial charge in [-0.05, 0) is 25.5 Å². The summed E-state index contributed by atoms with van der Waals surface area (Å²) in [7, 11) is 1.66. The molecule has 1 rings (SSSR count). The first-order valence-corrected chi connectivity index (χ1v) is 5.29. The molecule has 0 aromatic heterocycles. The van der Waals surface area contributed by atoms with E-state index in [2.05, 4.69) is 16.9 Å². The van der Waals surface area contributed by atoms with Crippen LogP contribution in [-0.4, -0.2) is 19.6 Å². The molecule has 0 saturated carbocycles. The lowest BCUT2D eigenvalue weighted by molar-refractivity contribution is -0.122. The number of amides is 1. The molecule has 88 valence electrons. The van der Waals surface area contributed by atoms with Crippen LogP contribution < -0.4 is 15.6 Å². The molecule has 1 aromatic carbocycles. The first-order chi connectivity index (χ1) is 7.63. The molecule has 0 aliphatic carbocycles. The third-order valence-electron chi connectivity index (χ3n) is 2.18. The van der Waals surface area contributed by atoms with Gasteiger partial charge in [-0.15, -0.1) is 0 Å². The number of carbonyl (C=O) groups is 1. The fourth-order valence-corrected chi connectivity index (χ4v) is 1.42. The highest BCUT2D eigenvalue weighted by atomic mass is 16.5. The molecule has 0 bridgehead atoms. The summed E-state index contributed by atoms with van der Waals surface area (Å²) in [4.78, 5) is 11.1. The number of hydrazine groups is 1. The van der Waals surface area contributed by atoms with Gasteiger partial charge in [0.05, 0.1) is 13.0 Å². The predicted molar refractivity (Wildman–Crippen MR) is 63.2 cm³/mol. The van der Waals surface area contributed by atoms with Gasteiger partial charge < -0.3 is 4.74 Å². The van der Waals surface area contributed by atoms with Gasteiger partial charge in [-0.25, -0.2) is 5.43 Å². The maximum Gasteiger partial charge on any atom is 0.237 e. The van der Waals surface area contributed by atoms with E-state index >= 15 is 0 Å². The molecule has 0 unspecified atom stereocenters. The number of hydrogen-bond acceptors (Lipinski definition) is 3. The van der Waals surface area contributed by atoms with Crippen molar-refractivity contribution in [1.82, 2.24) is 10.9 Å². The Labute approximate surface area is 96.0 Å². The van der Waals surface area contributed by atoms with E-state index in [-0.39, 0.29) is 5.91 Å². The number of rotatable bonds is 5. The van der Waals surface area contributed by atoms with Crippen LogP contribution in [0.5, 0.6) is 5.75 Å². The van der Waals surface area contributed by atoms with Crippen molar-refractivity contribution in [3.8, 4) is 5.75 Å². The van der Waals surface area contributed by atoms with Crippen molar-refractivity contribution in [1.29, 1.82) is 0 Å². The Bertz CT molecular complexity index is 364. The van der Waals surface area contributed by atoms with Gasteiger partial charge >= 0.3 is 0 Å². The lowest BCUT2D eigenvalue weighted by atomic mass is 10.1. The van der Waals surface area contributed by atoms with E-state index in [1.165, 1.54) is 5.56 Å². The zero-order valence-electron chi connectivity index (χ0n) is 9.96. The minimum atomic E-state index is -0.0766. The molecule has 4 heteroatoms. The van der Waals surface area contributed by atoms with Crippen LogP contribution >= 0.6 is 0 Å². The Morgan fingerprint density at radius 2 is 2.12 bits per heavy atom. The summed E-state index contributed by atoms with van der Waals surface area (Å²) in [6.07, 6.45) is 0.341. The van der Waals surface area contributed by atoms with Crippen LogP contribution in [0.25, 0.3) is 0 Å². The molecule has 0 saturated heterocycles. The molecule has 0 spiro atoms. The molecule has 0 fully saturated rings. The second kappa shape index (κ2) is 6.12. The third kappa shape index (κ3) is 3.90. The molecule has 0 aliphatic heterocycles. The highest BCUT2D eigenvalue weighted by Gasteiger charge is 2.02. The smallest absolute Gasteiger partial charge is 0.237 e. The maximum atomic E-state index is 11.1. The zero-order valence-corrected chi connectivity index (χ0v) is 9.96. The fourth-order valence-electron chi connectivity index (χ4n) is 1.42. The van der Waals surface area contributed by atoms with E-state index in [1.54, 1.807) is 7.05 Å². The summed E-state index contributed by atoms with van der Waals surface area (Å²) < 4.78 is 5.52. The number of hydrogen-bond donors (Lipinski definition) is 2. The Kier molecular flexibility index (Phi) is 4.79. The summed E-state index contributed by atoms with van der Waals surface area (Å²) in [5.74, 6) is 0.759. The Morgan fingerprint density at radius 3 is 2.75 bits per heavy atom. The van der Waals surface area contributed by atoms with Crippen molar-refractivity contribution in [2.45, 2.75) is 20.3 Å². The number of ether oxygens (including phenoxy) is 1. The van der Waals surface area contributed by atoms with Crippen LogP contribution in [0.3, 0.4) is 0 Å². The van der Waals surface area contributed by atoms with Crippen molar-refractivity contribution in [3.63, 3.8) is 0 Å². The van der Waals surface area contributed by atoms with Crippen LogP contribution in [0.4, 0.5) is 0 Å². The van der Waals surface area contributed by atoms with Crippen LogP contribution in [0.2, 0.25) is 0 Å². The van der Waals surface area contributed by atoms with Crippen LogP contribution in [0.1, 0.15) is 17.5 Å². The Balaban J connectivity index is 2.40. The van der Waals surface area contributed by atoms with Gasteiger partial charge in [0.1, 0.15) is 5.75 Å². The molecule has 4 nitrogen and oxygen atoms in total. The van der Waals surface area contributed by atoms with Crippen molar-refractivity contribution >= 4 is 5.91 Å². The second-order valence-corrected chi connectivity index (χ2v) is 3.67. The largest absolute Gasteiger partial charge is 0.493 e. The minimum Gasteiger partial charge on any atom is -0.493 e. The summed E-state index contributed by atoms with van der Waals surface area (Å²) in [5, 5.41) is 0. The summed E-state index contributed by atoms with van der Waals surface area (Å²) in [5.41, 5.74) is 7.36. The van der Waals surface area contributed by atoms with E-state index in [1.807, 2.05) is 26.0 Å². The van der Waals surface area contributed by atoms with Gasteiger partial charge in [0.25, 0.3) is 0 Å². The lowest BCUT2D eigenvalue weighted by Crippen LogP contribution is -2.34. The number of benzene rings is 1. The molecular formula is C12H18N2O2.